The number of phenols is 1. The zero-order chi connectivity index (χ0) is 13.5. The molecule has 1 atom stereocenters. The lowest BCUT2D eigenvalue weighted by Crippen LogP contribution is -2.26. The van der Waals surface area contributed by atoms with Gasteiger partial charge in [0, 0.05) is 12.1 Å². The van der Waals surface area contributed by atoms with Crippen molar-refractivity contribution in [2.45, 2.75) is 13.0 Å². The monoisotopic (exact) mass is 250 g/mol. The minimum absolute atomic E-state index is 0.0179. The Morgan fingerprint density at radius 1 is 1.50 bits per heavy atom. The van der Waals surface area contributed by atoms with Crippen molar-refractivity contribution in [2.24, 2.45) is 0 Å². The third kappa shape index (κ3) is 3.13. The second kappa shape index (κ2) is 6.84. The number of rotatable bonds is 6. The summed E-state index contributed by atoms with van der Waals surface area (Å²) in [6.45, 7) is 2.59. The molecule has 0 aliphatic heterocycles. The average molecular weight is 250 g/mol. The number of hydrogen-bond acceptors (Lipinski definition) is 5. The van der Waals surface area contributed by atoms with Crippen molar-refractivity contribution >= 4 is 0 Å². The number of aromatic hydroxyl groups is 1. The number of hydrogen-bond donors (Lipinski definition) is 2. The van der Waals surface area contributed by atoms with Gasteiger partial charge in [-0.2, -0.15) is 5.26 Å². The van der Waals surface area contributed by atoms with Crippen LogP contribution >= 0.6 is 0 Å². The van der Waals surface area contributed by atoms with Crippen LogP contribution in [0.1, 0.15) is 18.5 Å². The first-order valence-corrected chi connectivity index (χ1v) is 5.81. The van der Waals surface area contributed by atoms with E-state index in [-0.39, 0.29) is 12.4 Å². The minimum atomic E-state index is -0.613. The molecule has 1 unspecified atom stereocenters. The maximum absolute atomic E-state index is 10.1. The molecular weight excluding hydrogens is 232 g/mol. The molecule has 1 aromatic rings. The van der Waals surface area contributed by atoms with E-state index >= 15 is 0 Å². The summed E-state index contributed by atoms with van der Waals surface area (Å²) in [5.74, 6) is 0.350. The van der Waals surface area contributed by atoms with Gasteiger partial charge < -0.3 is 14.9 Å². The predicted octanol–water partition coefficient (Wildman–Crippen LogP) is 1.28. The largest absolute Gasteiger partial charge is 0.504 e. The lowest BCUT2D eigenvalue weighted by atomic mass is 10.1. The van der Waals surface area contributed by atoms with Gasteiger partial charge in [-0.15, -0.1) is 0 Å². The fraction of sp³-hybridized carbons (Fsp3) is 0.462. The highest BCUT2D eigenvalue weighted by Gasteiger charge is 2.21. The molecule has 0 fully saturated rings. The Bertz CT molecular complexity index is 429. The van der Waals surface area contributed by atoms with Gasteiger partial charge in [-0.3, -0.25) is 4.90 Å². The smallest absolute Gasteiger partial charge is 0.163 e. The highest BCUT2D eigenvalue weighted by molar-refractivity contribution is 5.48. The van der Waals surface area contributed by atoms with E-state index in [1.807, 2.05) is 6.92 Å². The van der Waals surface area contributed by atoms with Crippen LogP contribution in [-0.2, 0) is 0 Å². The highest BCUT2D eigenvalue weighted by atomic mass is 16.5. The summed E-state index contributed by atoms with van der Waals surface area (Å²) in [5.41, 5.74) is 0.486. The number of benzene rings is 1. The maximum Gasteiger partial charge on any atom is 0.163 e. The summed E-state index contributed by atoms with van der Waals surface area (Å²) in [6.07, 6.45) is 0. The Kier molecular flexibility index (Phi) is 5.43. The van der Waals surface area contributed by atoms with E-state index in [4.69, 9.17) is 9.84 Å². The van der Waals surface area contributed by atoms with E-state index < -0.39 is 6.04 Å². The van der Waals surface area contributed by atoms with Crippen molar-refractivity contribution in [1.82, 2.24) is 4.90 Å². The van der Waals surface area contributed by atoms with Gasteiger partial charge in [0.2, 0.25) is 0 Å². The van der Waals surface area contributed by atoms with Gasteiger partial charge in [0.15, 0.2) is 11.5 Å². The Balaban J connectivity index is 3.07. The first-order valence-electron chi connectivity index (χ1n) is 5.81. The van der Waals surface area contributed by atoms with Crippen LogP contribution in [0.2, 0.25) is 0 Å². The Morgan fingerprint density at radius 2 is 2.22 bits per heavy atom. The first-order chi connectivity index (χ1) is 8.65. The predicted molar refractivity (Wildman–Crippen MR) is 67.3 cm³/mol. The van der Waals surface area contributed by atoms with Gasteiger partial charge in [0.25, 0.3) is 0 Å². The molecule has 2 N–H and O–H groups in total. The molecule has 98 valence electrons. The van der Waals surface area contributed by atoms with Crippen LogP contribution < -0.4 is 4.74 Å². The normalized spacial score (nSPS) is 12.2. The number of para-hydroxylation sites is 1. The van der Waals surface area contributed by atoms with Gasteiger partial charge >= 0.3 is 0 Å². The maximum atomic E-state index is 10.1. The zero-order valence-corrected chi connectivity index (χ0v) is 10.6. The highest BCUT2D eigenvalue weighted by Crippen LogP contribution is 2.35. The topological polar surface area (TPSA) is 76.7 Å². The summed E-state index contributed by atoms with van der Waals surface area (Å²) >= 11 is 0. The van der Waals surface area contributed by atoms with E-state index in [0.29, 0.717) is 24.5 Å². The summed E-state index contributed by atoms with van der Waals surface area (Å²) in [5, 5.41) is 28.2. The van der Waals surface area contributed by atoms with Crippen molar-refractivity contribution in [2.75, 3.05) is 26.8 Å². The Morgan fingerprint density at radius 3 is 2.78 bits per heavy atom. The number of aliphatic hydroxyl groups is 1. The number of likely N-dealkylation sites (N-methyl/N-ethyl adjacent to an activating group) is 1. The second-order valence-electron chi connectivity index (χ2n) is 3.86. The third-order valence-electron chi connectivity index (χ3n) is 2.64. The molecular formula is C13H18N2O3. The molecule has 5 heteroatoms. The van der Waals surface area contributed by atoms with E-state index in [0.717, 1.165) is 0 Å². The van der Waals surface area contributed by atoms with Crippen LogP contribution in [0.5, 0.6) is 11.5 Å². The van der Waals surface area contributed by atoms with Crippen LogP contribution in [-0.4, -0.2) is 41.9 Å². The molecule has 0 amide bonds. The van der Waals surface area contributed by atoms with Gasteiger partial charge in [-0.1, -0.05) is 12.1 Å². The molecule has 0 saturated carbocycles. The van der Waals surface area contributed by atoms with E-state index in [9.17, 15) is 10.4 Å². The van der Waals surface area contributed by atoms with E-state index in [1.165, 1.54) is 0 Å². The number of nitriles is 1. The Labute approximate surface area is 107 Å². The standard InChI is InChI=1S/C13H18N2O3/c1-3-18-12-6-4-5-10(13(12)17)11(9-14)15(2)7-8-16/h4-6,11,16-17H,3,7-8H2,1-2H3. The van der Waals surface area contributed by atoms with Gasteiger partial charge in [-0.05, 0) is 20.0 Å². The van der Waals surface area contributed by atoms with Crippen LogP contribution in [0.3, 0.4) is 0 Å². The van der Waals surface area contributed by atoms with Crippen LogP contribution in [0.4, 0.5) is 0 Å². The summed E-state index contributed by atoms with van der Waals surface area (Å²) in [6, 6.07) is 6.57. The second-order valence-corrected chi connectivity index (χ2v) is 3.86. The number of ether oxygens (including phenoxy) is 1. The molecule has 0 saturated heterocycles. The number of nitrogens with zero attached hydrogens (tertiary/aromatic N) is 2. The lowest BCUT2D eigenvalue weighted by Gasteiger charge is -2.23. The van der Waals surface area contributed by atoms with Crippen molar-refractivity contribution in [3.05, 3.63) is 23.8 Å². The fourth-order valence-electron chi connectivity index (χ4n) is 1.72. The van der Waals surface area contributed by atoms with E-state index in [1.54, 1.807) is 30.1 Å². The van der Waals surface area contributed by atoms with Crippen molar-refractivity contribution in [1.29, 1.82) is 5.26 Å². The molecule has 0 radical (unpaired) electrons. The summed E-state index contributed by atoms with van der Waals surface area (Å²) in [7, 11) is 1.72. The molecule has 5 nitrogen and oxygen atoms in total. The Hall–Kier alpha value is -1.77. The molecule has 18 heavy (non-hydrogen) atoms. The van der Waals surface area contributed by atoms with Crippen LogP contribution in [0, 0.1) is 11.3 Å². The quantitative estimate of drug-likeness (QED) is 0.795. The lowest BCUT2D eigenvalue weighted by molar-refractivity contribution is 0.200. The van der Waals surface area contributed by atoms with Crippen LogP contribution in [0.15, 0.2) is 18.2 Å². The number of aliphatic hydroxyl groups excluding tert-OH is 1. The van der Waals surface area contributed by atoms with Gasteiger partial charge in [0.05, 0.1) is 19.3 Å². The van der Waals surface area contributed by atoms with Crippen molar-refractivity contribution < 1.29 is 14.9 Å². The third-order valence-corrected chi connectivity index (χ3v) is 2.64. The first kappa shape index (κ1) is 14.3. The molecule has 0 aliphatic rings. The molecule has 1 aromatic carbocycles. The van der Waals surface area contributed by atoms with Gasteiger partial charge in [0.1, 0.15) is 6.04 Å². The SMILES string of the molecule is CCOc1cccc(C(C#N)N(C)CCO)c1O. The zero-order valence-electron chi connectivity index (χ0n) is 10.6. The van der Waals surface area contributed by atoms with E-state index in [2.05, 4.69) is 6.07 Å². The average Bonchev–Trinajstić information content (AvgIpc) is 2.35. The number of phenolic OH excluding ortho intramolecular Hbond substituents is 1. The molecule has 0 heterocycles. The molecule has 0 bridgehead atoms. The van der Waals surface area contributed by atoms with Crippen molar-refractivity contribution in [3.63, 3.8) is 0 Å². The molecule has 0 aliphatic carbocycles. The summed E-state index contributed by atoms with van der Waals surface area (Å²) in [4.78, 5) is 1.67. The molecule has 1 rings (SSSR count). The van der Waals surface area contributed by atoms with Crippen LogP contribution in [0.25, 0.3) is 0 Å². The van der Waals surface area contributed by atoms with Gasteiger partial charge in [-0.25, -0.2) is 0 Å². The van der Waals surface area contributed by atoms with Crippen molar-refractivity contribution in [3.8, 4) is 17.6 Å². The molecule has 0 aromatic heterocycles. The summed E-state index contributed by atoms with van der Waals surface area (Å²) < 4.78 is 5.28. The molecule has 0 spiro atoms. The minimum Gasteiger partial charge on any atom is -0.504 e. The fourth-order valence-corrected chi connectivity index (χ4v) is 1.72.